The van der Waals surface area contributed by atoms with Crippen LogP contribution in [0, 0.1) is 0 Å². The molecule has 0 heterocycles. The molecule has 0 fully saturated rings. The van der Waals surface area contributed by atoms with Crippen LogP contribution >= 0.6 is 0 Å². The quantitative estimate of drug-likeness (QED) is 0.502. The van der Waals surface area contributed by atoms with Crippen molar-refractivity contribution in [3.63, 3.8) is 0 Å². The maximum atomic E-state index is 11.1. The summed E-state index contributed by atoms with van der Waals surface area (Å²) in [6, 6.07) is 0. The van der Waals surface area contributed by atoms with E-state index in [1.54, 1.807) is 0 Å². The number of carbonyl (C=O) groups is 3. The van der Waals surface area contributed by atoms with Gasteiger partial charge in [0.1, 0.15) is 6.54 Å². The highest BCUT2D eigenvalue weighted by Gasteiger charge is 2.03. The van der Waals surface area contributed by atoms with Gasteiger partial charge in [-0.3, -0.25) is 14.4 Å². The van der Waals surface area contributed by atoms with E-state index in [4.69, 9.17) is 5.11 Å². The summed E-state index contributed by atoms with van der Waals surface area (Å²) >= 11 is 0. The highest BCUT2D eigenvalue weighted by molar-refractivity contribution is 5.81. The van der Waals surface area contributed by atoms with Crippen LogP contribution in [0.3, 0.4) is 0 Å². The molecule has 0 aliphatic carbocycles. The molecule has 0 aliphatic heterocycles. The van der Waals surface area contributed by atoms with E-state index in [9.17, 15) is 14.4 Å². The van der Waals surface area contributed by atoms with E-state index in [2.05, 4.69) is 10.6 Å². The fourth-order valence-electron chi connectivity index (χ4n) is 1.39. The molecule has 0 bridgehead atoms. The monoisotopic (exact) mass is 258 g/mol. The van der Waals surface area contributed by atoms with Crippen molar-refractivity contribution >= 4 is 17.8 Å². The summed E-state index contributed by atoms with van der Waals surface area (Å²) < 4.78 is 0. The van der Waals surface area contributed by atoms with Crippen LogP contribution in [-0.2, 0) is 14.4 Å². The zero-order chi connectivity index (χ0) is 13.8. The molecule has 0 saturated carbocycles. The average molecular weight is 258 g/mol. The van der Waals surface area contributed by atoms with Crippen molar-refractivity contribution in [2.24, 2.45) is 0 Å². The van der Waals surface area contributed by atoms with Gasteiger partial charge in [-0.15, -0.1) is 0 Å². The molecule has 0 aromatic rings. The Balaban J connectivity index is 3.32. The van der Waals surface area contributed by atoms with Crippen molar-refractivity contribution in [3.05, 3.63) is 0 Å². The van der Waals surface area contributed by atoms with Crippen molar-refractivity contribution < 1.29 is 19.5 Å². The van der Waals surface area contributed by atoms with Gasteiger partial charge in [0.15, 0.2) is 0 Å². The molecule has 6 nitrogen and oxygen atoms in total. The Labute approximate surface area is 107 Å². The standard InChI is InChI=1S/C12H22N2O4/c1-2-6-10(15)13-8-5-3-4-7-11(16)14-9-12(17)18/h2-9H2,1H3,(H,13,15)(H,14,16)(H,17,18). The molecule has 3 N–H and O–H groups in total. The summed E-state index contributed by atoms with van der Waals surface area (Å²) in [7, 11) is 0. The van der Waals surface area contributed by atoms with Crippen molar-refractivity contribution in [2.75, 3.05) is 13.1 Å². The molecule has 0 unspecified atom stereocenters. The summed E-state index contributed by atoms with van der Waals surface area (Å²) in [4.78, 5) is 32.4. The number of carboxylic acid groups (broad SMARTS) is 1. The average Bonchev–Trinajstić information content (AvgIpc) is 2.31. The van der Waals surface area contributed by atoms with Gasteiger partial charge >= 0.3 is 5.97 Å². The van der Waals surface area contributed by atoms with Crippen LogP contribution in [0.25, 0.3) is 0 Å². The Morgan fingerprint density at radius 1 is 0.944 bits per heavy atom. The lowest BCUT2D eigenvalue weighted by molar-refractivity contribution is -0.137. The van der Waals surface area contributed by atoms with E-state index in [1.807, 2.05) is 6.92 Å². The Morgan fingerprint density at radius 2 is 1.61 bits per heavy atom. The lowest BCUT2D eigenvalue weighted by Gasteiger charge is -2.04. The fourth-order valence-corrected chi connectivity index (χ4v) is 1.39. The fraction of sp³-hybridized carbons (Fsp3) is 0.750. The van der Waals surface area contributed by atoms with Crippen LogP contribution in [0.4, 0.5) is 0 Å². The Morgan fingerprint density at radius 3 is 2.22 bits per heavy atom. The minimum Gasteiger partial charge on any atom is -0.480 e. The molecule has 2 amide bonds. The largest absolute Gasteiger partial charge is 0.480 e. The van der Waals surface area contributed by atoms with Crippen LogP contribution < -0.4 is 10.6 Å². The Kier molecular flexibility index (Phi) is 9.62. The number of hydrogen-bond acceptors (Lipinski definition) is 3. The van der Waals surface area contributed by atoms with Gasteiger partial charge in [0.05, 0.1) is 0 Å². The molecule has 0 spiro atoms. The third-order valence-corrected chi connectivity index (χ3v) is 2.32. The van der Waals surface area contributed by atoms with Crippen molar-refractivity contribution in [1.82, 2.24) is 10.6 Å². The highest BCUT2D eigenvalue weighted by atomic mass is 16.4. The molecule has 0 aliphatic rings. The van der Waals surface area contributed by atoms with Gasteiger partial charge in [-0.2, -0.15) is 0 Å². The maximum Gasteiger partial charge on any atom is 0.322 e. The molecule has 18 heavy (non-hydrogen) atoms. The van der Waals surface area contributed by atoms with Crippen molar-refractivity contribution in [3.8, 4) is 0 Å². The number of unbranched alkanes of at least 4 members (excludes halogenated alkanes) is 2. The molecule has 0 radical (unpaired) electrons. The van der Waals surface area contributed by atoms with E-state index in [0.29, 0.717) is 25.8 Å². The number of carboxylic acids is 1. The van der Waals surface area contributed by atoms with Gasteiger partial charge in [-0.1, -0.05) is 13.3 Å². The van der Waals surface area contributed by atoms with Crippen molar-refractivity contribution in [1.29, 1.82) is 0 Å². The summed E-state index contributed by atoms with van der Waals surface area (Å²) in [6.07, 6.45) is 4.10. The van der Waals surface area contributed by atoms with Crippen LogP contribution in [0.5, 0.6) is 0 Å². The number of hydrogen-bond donors (Lipinski definition) is 3. The number of carbonyl (C=O) groups excluding carboxylic acids is 2. The van der Waals surface area contributed by atoms with Gasteiger partial charge in [-0.05, 0) is 19.3 Å². The smallest absolute Gasteiger partial charge is 0.322 e. The number of aliphatic carboxylic acids is 1. The number of amides is 2. The SMILES string of the molecule is CCCC(=O)NCCCCCC(=O)NCC(=O)O. The lowest BCUT2D eigenvalue weighted by atomic mass is 10.2. The molecule has 104 valence electrons. The maximum absolute atomic E-state index is 11.1. The zero-order valence-corrected chi connectivity index (χ0v) is 10.8. The topological polar surface area (TPSA) is 95.5 Å². The van der Waals surface area contributed by atoms with E-state index < -0.39 is 5.97 Å². The van der Waals surface area contributed by atoms with Crippen LogP contribution in [0.15, 0.2) is 0 Å². The zero-order valence-electron chi connectivity index (χ0n) is 10.8. The normalized spacial score (nSPS) is 9.83. The third-order valence-electron chi connectivity index (χ3n) is 2.32. The van der Waals surface area contributed by atoms with Gasteiger partial charge in [0.25, 0.3) is 0 Å². The number of rotatable bonds is 10. The molecule has 0 rings (SSSR count). The Hall–Kier alpha value is -1.59. The molecule has 6 heteroatoms. The molecule has 0 atom stereocenters. The van der Waals surface area contributed by atoms with E-state index >= 15 is 0 Å². The number of nitrogens with one attached hydrogen (secondary N) is 2. The molecule has 0 aromatic carbocycles. The highest BCUT2D eigenvalue weighted by Crippen LogP contribution is 1.99. The minimum absolute atomic E-state index is 0.0664. The van der Waals surface area contributed by atoms with E-state index in [1.165, 1.54) is 0 Å². The first-order valence-electron chi connectivity index (χ1n) is 6.31. The molecule has 0 aromatic heterocycles. The predicted octanol–water partition coefficient (Wildman–Crippen LogP) is 0.664. The van der Waals surface area contributed by atoms with Crippen LogP contribution in [0.1, 0.15) is 45.4 Å². The first-order valence-corrected chi connectivity index (χ1v) is 6.31. The molecule has 0 saturated heterocycles. The predicted molar refractivity (Wildman–Crippen MR) is 67.0 cm³/mol. The summed E-state index contributed by atoms with van der Waals surface area (Å²) in [5, 5.41) is 13.4. The van der Waals surface area contributed by atoms with Crippen LogP contribution in [0.2, 0.25) is 0 Å². The summed E-state index contributed by atoms with van der Waals surface area (Å²) in [6.45, 7) is 2.26. The van der Waals surface area contributed by atoms with Gasteiger partial charge < -0.3 is 15.7 Å². The van der Waals surface area contributed by atoms with Crippen LogP contribution in [-0.4, -0.2) is 36.0 Å². The molecular weight excluding hydrogens is 236 g/mol. The van der Waals surface area contributed by atoms with E-state index in [-0.39, 0.29) is 18.4 Å². The summed E-state index contributed by atoms with van der Waals surface area (Å²) in [5.41, 5.74) is 0. The van der Waals surface area contributed by atoms with E-state index in [0.717, 1.165) is 19.3 Å². The minimum atomic E-state index is -1.04. The van der Waals surface area contributed by atoms with Gasteiger partial charge in [0, 0.05) is 19.4 Å². The first-order chi connectivity index (χ1) is 8.56. The second-order valence-corrected chi connectivity index (χ2v) is 4.08. The summed E-state index contributed by atoms with van der Waals surface area (Å²) in [5.74, 6) is -1.22. The van der Waals surface area contributed by atoms with Crippen molar-refractivity contribution in [2.45, 2.75) is 45.4 Å². The first kappa shape index (κ1) is 16.4. The second-order valence-electron chi connectivity index (χ2n) is 4.08. The lowest BCUT2D eigenvalue weighted by Crippen LogP contribution is -2.29. The van der Waals surface area contributed by atoms with Gasteiger partial charge in [0.2, 0.25) is 11.8 Å². The second kappa shape index (κ2) is 10.6. The Bertz CT molecular complexity index is 279. The van der Waals surface area contributed by atoms with Gasteiger partial charge in [-0.25, -0.2) is 0 Å². The molecular formula is C12H22N2O4. The third kappa shape index (κ3) is 10.9.